The molecule has 1 aliphatic heterocycles. The monoisotopic (exact) mass is 572 g/mol. The van der Waals surface area contributed by atoms with Crippen molar-refractivity contribution in [1.29, 1.82) is 0 Å². The van der Waals surface area contributed by atoms with Crippen LogP contribution in [-0.2, 0) is 27.9 Å². The second kappa shape index (κ2) is 12.2. The van der Waals surface area contributed by atoms with Gasteiger partial charge in [0.2, 0.25) is 0 Å². The van der Waals surface area contributed by atoms with Gasteiger partial charge in [0, 0.05) is 5.38 Å². The van der Waals surface area contributed by atoms with Gasteiger partial charge in [0.15, 0.2) is 17.9 Å². The van der Waals surface area contributed by atoms with E-state index in [0.717, 1.165) is 10.9 Å². The van der Waals surface area contributed by atoms with Gasteiger partial charge in [-0.25, -0.2) is 18.9 Å². The fraction of sp³-hybridized carbons (Fsp3) is 0.455. The molecule has 16 heteroatoms. The molecule has 38 heavy (non-hydrogen) atoms. The lowest BCUT2D eigenvalue weighted by molar-refractivity contribution is -0.156. The Balaban J connectivity index is 1.86. The minimum Gasteiger partial charge on any atom is -0.461 e. The highest BCUT2D eigenvalue weighted by atomic mass is 35.5. The fourth-order valence-corrected chi connectivity index (χ4v) is 4.89. The molecule has 4 N–H and O–H groups in total. The number of H-pyrrole nitrogens is 1. The third-order valence-electron chi connectivity index (χ3n) is 5.15. The number of hydrogen-bond donors (Lipinski definition) is 3. The molecule has 0 bridgehead atoms. The number of carbonyl (C=O) groups excluding carboxylic acids is 1. The van der Waals surface area contributed by atoms with Gasteiger partial charge in [0.25, 0.3) is 0 Å². The average Bonchev–Trinajstić information content (AvgIpc) is 3.08. The molecule has 1 aliphatic rings. The van der Waals surface area contributed by atoms with Gasteiger partial charge in [-0.15, -0.1) is 0 Å². The zero-order chi connectivity index (χ0) is 28.1. The van der Waals surface area contributed by atoms with E-state index in [-0.39, 0.29) is 5.75 Å². The second-order valence-electron chi connectivity index (χ2n) is 8.39. The first-order valence-electron chi connectivity index (χ1n) is 11.2. The van der Waals surface area contributed by atoms with Crippen LogP contribution in [0, 0.1) is 11.3 Å². The van der Waals surface area contributed by atoms with E-state index in [0.29, 0.717) is 0 Å². The molecule has 2 aromatic rings. The quantitative estimate of drug-likeness (QED) is 0.205. The molecule has 1 aromatic heterocycles. The summed E-state index contributed by atoms with van der Waals surface area (Å²) in [6.07, 6.45) is -5.50. The predicted molar refractivity (Wildman–Crippen MR) is 132 cm³/mol. The van der Waals surface area contributed by atoms with Crippen molar-refractivity contribution in [3.05, 3.63) is 57.6 Å². The molecule has 0 amide bonds. The van der Waals surface area contributed by atoms with E-state index >= 15 is 0 Å². The highest BCUT2D eigenvalue weighted by Gasteiger charge is 2.55. The van der Waals surface area contributed by atoms with Crippen molar-refractivity contribution < 1.29 is 37.5 Å². The van der Waals surface area contributed by atoms with Crippen LogP contribution in [0.25, 0.3) is 0 Å². The summed E-state index contributed by atoms with van der Waals surface area (Å²) in [7, 11) is -4.56. The molecule has 0 spiro atoms. The Bertz CT molecular complexity index is 1360. The summed E-state index contributed by atoms with van der Waals surface area (Å²) in [6.45, 7) is 3.88. The van der Waals surface area contributed by atoms with E-state index in [1.54, 1.807) is 32.0 Å². The highest BCUT2D eigenvalue weighted by Crippen LogP contribution is 2.51. The Kier molecular flexibility index (Phi) is 9.50. The van der Waals surface area contributed by atoms with Crippen molar-refractivity contribution in [3.63, 3.8) is 0 Å². The summed E-state index contributed by atoms with van der Waals surface area (Å²) in [5.41, 5.74) is 2.40. The van der Waals surface area contributed by atoms with E-state index in [1.807, 2.05) is 10.4 Å². The van der Waals surface area contributed by atoms with Gasteiger partial charge in [-0.05, 0) is 44.5 Å². The van der Waals surface area contributed by atoms with E-state index in [9.17, 15) is 24.1 Å². The van der Waals surface area contributed by atoms with Crippen molar-refractivity contribution in [3.8, 4) is 17.0 Å². The molecule has 14 nitrogen and oxygen atoms in total. The zero-order valence-electron chi connectivity index (χ0n) is 20.5. The van der Waals surface area contributed by atoms with Crippen molar-refractivity contribution >= 4 is 25.4 Å². The fourth-order valence-electron chi connectivity index (χ4n) is 3.39. The number of aliphatic hydroxyl groups excluding tert-OH is 1. The van der Waals surface area contributed by atoms with Gasteiger partial charge in [-0.2, -0.15) is 4.98 Å². The van der Waals surface area contributed by atoms with Gasteiger partial charge in [-0.1, -0.05) is 24.1 Å². The number of ether oxygens (including phenoxy) is 2. The standard InChI is InChI=1S/C22H26ClN4O10P/c1-13(2)34-18(29)14(3)36-38(32,37-15-7-5-4-6-8-15)33-11-16-17(28)22(24,9-10-23)19(35-16)27-12-25-20(30)26-21(27)31/h4-8,12-14,16-17,19,28H,11,24H2,1-3H3,(H,26,30,31)/t14-,16+,17?,19+,22+,38-/m0/s1. The maximum Gasteiger partial charge on any atom is 0.530 e. The van der Waals surface area contributed by atoms with Crippen LogP contribution >= 0.6 is 19.4 Å². The number of aromatic amines is 1. The zero-order valence-corrected chi connectivity index (χ0v) is 22.1. The number of nitrogens with two attached hydrogens (primary N) is 1. The number of nitrogens with one attached hydrogen (secondary N) is 1. The second-order valence-corrected chi connectivity index (χ2v) is 10.1. The highest BCUT2D eigenvalue weighted by molar-refractivity contribution is 7.49. The molecular formula is C22H26ClN4O10P. The Morgan fingerprint density at radius 2 is 2.03 bits per heavy atom. The van der Waals surface area contributed by atoms with Gasteiger partial charge in [0.1, 0.15) is 24.3 Å². The molecule has 1 unspecified atom stereocenters. The number of aliphatic hydroxyl groups is 1. The molecule has 0 aliphatic carbocycles. The number of para-hydroxylation sites is 1. The minimum atomic E-state index is -4.56. The van der Waals surface area contributed by atoms with E-state index in [2.05, 4.69) is 10.9 Å². The molecule has 0 saturated carbocycles. The van der Waals surface area contributed by atoms with E-state index in [4.69, 9.17) is 40.4 Å². The minimum absolute atomic E-state index is 0.0954. The Morgan fingerprint density at radius 3 is 2.63 bits per heavy atom. The summed E-state index contributed by atoms with van der Waals surface area (Å²) >= 11 is 5.54. The number of esters is 1. The van der Waals surface area contributed by atoms with Crippen LogP contribution in [0.15, 0.2) is 46.2 Å². The normalized spacial score (nSPS) is 25.2. The van der Waals surface area contributed by atoms with Gasteiger partial charge < -0.3 is 24.8 Å². The molecule has 3 rings (SSSR count). The van der Waals surface area contributed by atoms with E-state index < -0.39 is 68.0 Å². The maximum absolute atomic E-state index is 13.6. The van der Waals surface area contributed by atoms with Crippen LogP contribution in [0.3, 0.4) is 0 Å². The smallest absolute Gasteiger partial charge is 0.461 e. The molecule has 1 aromatic carbocycles. The number of halogens is 1. The first-order chi connectivity index (χ1) is 17.9. The number of hydrogen-bond acceptors (Lipinski definition) is 12. The van der Waals surface area contributed by atoms with Crippen molar-refractivity contribution in [1.82, 2.24) is 14.5 Å². The third-order valence-corrected chi connectivity index (χ3v) is 6.72. The molecule has 2 heterocycles. The Hall–Kier alpha value is -3.02. The Morgan fingerprint density at radius 1 is 1.34 bits per heavy atom. The number of phosphoric ester groups is 1. The van der Waals surface area contributed by atoms with Crippen LogP contribution in [0.1, 0.15) is 27.0 Å². The summed E-state index contributed by atoms with van der Waals surface area (Å²) in [6, 6.07) is 7.85. The predicted octanol–water partition coefficient (Wildman–Crippen LogP) is 0.648. The first kappa shape index (κ1) is 29.5. The van der Waals surface area contributed by atoms with Crippen LogP contribution in [-0.4, -0.2) is 62.2 Å². The van der Waals surface area contributed by atoms with Gasteiger partial charge >= 0.3 is 25.2 Å². The number of phosphoric acid groups is 1. The number of rotatable bonds is 10. The van der Waals surface area contributed by atoms with E-state index in [1.165, 1.54) is 19.1 Å². The molecule has 0 radical (unpaired) electrons. The lowest BCUT2D eigenvalue weighted by Crippen LogP contribution is -2.55. The van der Waals surface area contributed by atoms with Gasteiger partial charge in [-0.3, -0.25) is 18.6 Å². The summed E-state index contributed by atoms with van der Waals surface area (Å²) in [4.78, 5) is 41.3. The SMILES string of the molecule is CC(C)OC(=O)[C@H](C)O[P@](=O)(OC[C@H]1O[C@@H](n2cnc(=O)[nH]c2=O)[C@@](N)(C#CCl)C1O)Oc1ccccc1. The first-order valence-corrected chi connectivity index (χ1v) is 13.0. The largest absolute Gasteiger partial charge is 0.530 e. The summed E-state index contributed by atoms with van der Waals surface area (Å²) in [5, 5.41) is 13.0. The average molecular weight is 573 g/mol. The lowest BCUT2D eigenvalue weighted by Gasteiger charge is -2.27. The molecular weight excluding hydrogens is 547 g/mol. The van der Waals surface area contributed by atoms with Gasteiger partial charge in [0.05, 0.1) is 12.7 Å². The number of nitrogens with zero attached hydrogens (tertiary/aromatic N) is 2. The van der Waals surface area contributed by atoms with Crippen LogP contribution in [0.4, 0.5) is 0 Å². The Labute approximate surface area is 221 Å². The summed E-state index contributed by atoms with van der Waals surface area (Å²) in [5.74, 6) is 1.66. The van der Waals surface area contributed by atoms with Crippen LogP contribution in [0.2, 0.25) is 0 Å². The number of carbonyl (C=O) groups is 1. The summed E-state index contributed by atoms with van der Waals surface area (Å²) < 4.78 is 41.4. The molecule has 6 atom stereocenters. The van der Waals surface area contributed by atoms with Crippen molar-refractivity contribution in [2.24, 2.45) is 5.73 Å². The van der Waals surface area contributed by atoms with Crippen LogP contribution < -0.4 is 21.6 Å². The van der Waals surface area contributed by atoms with Crippen LogP contribution in [0.5, 0.6) is 5.75 Å². The molecule has 1 saturated heterocycles. The topological polar surface area (TPSA) is 194 Å². The number of benzene rings is 1. The number of aromatic nitrogens is 3. The van der Waals surface area contributed by atoms with Crippen molar-refractivity contribution in [2.45, 2.75) is 57.0 Å². The maximum atomic E-state index is 13.6. The third kappa shape index (κ3) is 6.89. The molecule has 206 valence electrons. The lowest BCUT2D eigenvalue weighted by atomic mass is 9.92. The molecule has 1 fully saturated rings. The van der Waals surface area contributed by atoms with Crippen molar-refractivity contribution in [2.75, 3.05) is 6.61 Å².